The van der Waals surface area contributed by atoms with Crippen molar-refractivity contribution in [3.63, 3.8) is 0 Å². The summed E-state index contributed by atoms with van der Waals surface area (Å²) in [7, 11) is 0. The lowest BCUT2D eigenvalue weighted by Gasteiger charge is -2.20. The van der Waals surface area contributed by atoms with E-state index in [1.54, 1.807) is 6.92 Å². The molecule has 1 aliphatic carbocycles. The third-order valence-corrected chi connectivity index (χ3v) is 2.16. The quantitative estimate of drug-likeness (QED) is 0.665. The molecule has 0 aromatic heterocycles. The number of rotatable bonds is 2. The fourth-order valence-electron chi connectivity index (χ4n) is 1.35. The fourth-order valence-corrected chi connectivity index (χ4v) is 1.35. The molecule has 0 aliphatic heterocycles. The van der Waals surface area contributed by atoms with Gasteiger partial charge in [-0.3, -0.25) is 4.79 Å². The molecular formula is C9H10O4. The molecule has 2 N–H and O–H groups in total. The van der Waals surface area contributed by atoms with Gasteiger partial charge in [0.05, 0.1) is 5.92 Å². The van der Waals surface area contributed by atoms with Crippen molar-refractivity contribution in [3.8, 4) is 0 Å². The molecule has 13 heavy (non-hydrogen) atoms. The van der Waals surface area contributed by atoms with Crippen LogP contribution >= 0.6 is 0 Å². The van der Waals surface area contributed by atoms with Crippen LogP contribution in [-0.2, 0) is 9.59 Å². The molecule has 0 aromatic carbocycles. The Bertz CT molecular complexity index is 301. The highest BCUT2D eigenvalue weighted by atomic mass is 16.4. The molecule has 0 fully saturated rings. The molecule has 0 saturated carbocycles. The van der Waals surface area contributed by atoms with Gasteiger partial charge in [-0.2, -0.15) is 0 Å². The Morgan fingerprint density at radius 1 is 1.38 bits per heavy atom. The monoisotopic (exact) mass is 182 g/mol. The Balaban J connectivity index is 2.93. The van der Waals surface area contributed by atoms with Crippen LogP contribution in [0, 0.1) is 11.8 Å². The van der Waals surface area contributed by atoms with E-state index < -0.39 is 23.8 Å². The number of aliphatic carboxylic acids is 2. The summed E-state index contributed by atoms with van der Waals surface area (Å²) in [5.74, 6) is -3.24. The molecule has 70 valence electrons. The largest absolute Gasteiger partial charge is 0.481 e. The molecule has 2 atom stereocenters. The molecule has 0 aromatic rings. The van der Waals surface area contributed by atoms with Gasteiger partial charge in [0.2, 0.25) is 0 Å². The molecule has 0 heterocycles. The number of hydrogen-bond acceptors (Lipinski definition) is 2. The summed E-state index contributed by atoms with van der Waals surface area (Å²) < 4.78 is 0. The van der Waals surface area contributed by atoms with Crippen LogP contribution in [0.3, 0.4) is 0 Å². The van der Waals surface area contributed by atoms with E-state index in [1.165, 1.54) is 18.2 Å². The maximum atomic E-state index is 10.7. The Hall–Kier alpha value is -1.58. The highest BCUT2D eigenvalue weighted by Gasteiger charge is 2.29. The first kappa shape index (κ1) is 9.51. The molecule has 4 nitrogen and oxygen atoms in total. The first-order chi connectivity index (χ1) is 6.04. The highest BCUT2D eigenvalue weighted by Crippen LogP contribution is 2.26. The van der Waals surface area contributed by atoms with Crippen LogP contribution in [0.15, 0.2) is 23.8 Å². The maximum Gasteiger partial charge on any atom is 0.331 e. The first-order valence-electron chi connectivity index (χ1n) is 3.88. The van der Waals surface area contributed by atoms with Gasteiger partial charge in [0, 0.05) is 11.5 Å². The summed E-state index contributed by atoms with van der Waals surface area (Å²) in [6.45, 7) is 1.60. The Morgan fingerprint density at radius 2 is 2.00 bits per heavy atom. The van der Waals surface area contributed by atoms with E-state index >= 15 is 0 Å². The van der Waals surface area contributed by atoms with Crippen molar-refractivity contribution in [2.45, 2.75) is 6.92 Å². The average molecular weight is 182 g/mol. The van der Waals surface area contributed by atoms with Gasteiger partial charge in [0.15, 0.2) is 0 Å². The highest BCUT2D eigenvalue weighted by molar-refractivity contribution is 5.89. The molecule has 0 spiro atoms. The zero-order chi connectivity index (χ0) is 10.0. The van der Waals surface area contributed by atoms with Crippen molar-refractivity contribution in [3.05, 3.63) is 23.8 Å². The third-order valence-electron chi connectivity index (χ3n) is 2.16. The predicted molar refractivity (Wildman–Crippen MR) is 45.1 cm³/mol. The lowest BCUT2D eigenvalue weighted by Crippen LogP contribution is -2.25. The van der Waals surface area contributed by atoms with Crippen LogP contribution in [0.25, 0.3) is 0 Å². The van der Waals surface area contributed by atoms with Crippen LogP contribution in [0.4, 0.5) is 0 Å². The molecule has 2 unspecified atom stereocenters. The maximum absolute atomic E-state index is 10.7. The topological polar surface area (TPSA) is 74.6 Å². The van der Waals surface area contributed by atoms with Gasteiger partial charge in [-0.15, -0.1) is 0 Å². The Kier molecular flexibility index (Phi) is 2.51. The fraction of sp³-hybridized carbons (Fsp3) is 0.333. The van der Waals surface area contributed by atoms with E-state index in [4.69, 9.17) is 10.2 Å². The van der Waals surface area contributed by atoms with E-state index in [9.17, 15) is 9.59 Å². The van der Waals surface area contributed by atoms with E-state index in [1.807, 2.05) is 0 Å². The molecule has 1 aliphatic rings. The SMILES string of the molecule is CC1C(C(=O)O)=CC=CC1C(=O)O. The number of hydrogen-bond donors (Lipinski definition) is 2. The van der Waals surface area contributed by atoms with Gasteiger partial charge < -0.3 is 10.2 Å². The molecule has 0 bridgehead atoms. The van der Waals surface area contributed by atoms with Gasteiger partial charge in [-0.25, -0.2) is 4.79 Å². The molecule has 0 amide bonds. The van der Waals surface area contributed by atoms with Gasteiger partial charge in [-0.05, 0) is 0 Å². The second-order valence-corrected chi connectivity index (χ2v) is 2.96. The molecule has 1 rings (SSSR count). The minimum absolute atomic E-state index is 0.148. The minimum Gasteiger partial charge on any atom is -0.481 e. The second kappa shape index (κ2) is 3.43. The van der Waals surface area contributed by atoms with Crippen molar-refractivity contribution in [1.82, 2.24) is 0 Å². The van der Waals surface area contributed by atoms with Crippen LogP contribution in [0.1, 0.15) is 6.92 Å². The molecule has 4 heteroatoms. The third kappa shape index (κ3) is 1.77. The van der Waals surface area contributed by atoms with Crippen molar-refractivity contribution in [2.24, 2.45) is 11.8 Å². The molecule has 0 saturated heterocycles. The molecule has 0 radical (unpaired) electrons. The standard InChI is InChI=1S/C9H10O4/c1-5-6(8(10)11)3-2-4-7(5)9(12)13/h2-6H,1H3,(H,10,11)(H,12,13). The van der Waals surface area contributed by atoms with E-state index in [-0.39, 0.29) is 5.57 Å². The number of carbonyl (C=O) groups is 2. The van der Waals surface area contributed by atoms with Crippen LogP contribution in [-0.4, -0.2) is 22.2 Å². The van der Waals surface area contributed by atoms with Crippen molar-refractivity contribution in [2.75, 3.05) is 0 Å². The summed E-state index contributed by atoms with van der Waals surface area (Å²) in [4.78, 5) is 21.3. The Morgan fingerprint density at radius 3 is 2.46 bits per heavy atom. The van der Waals surface area contributed by atoms with Crippen molar-refractivity contribution >= 4 is 11.9 Å². The van der Waals surface area contributed by atoms with Crippen molar-refractivity contribution < 1.29 is 19.8 Å². The number of allylic oxidation sites excluding steroid dienone is 2. The lowest BCUT2D eigenvalue weighted by atomic mass is 9.83. The smallest absolute Gasteiger partial charge is 0.331 e. The van der Waals surface area contributed by atoms with E-state index in [0.29, 0.717) is 0 Å². The summed E-state index contributed by atoms with van der Waals surface area (Å²) in [6.07, 6.45) is 4.41. The van der Waals surface area contributed by atoms with Crippen molar-refractivity contribution in [1.29, 1.82) is 0 Å². The van der Waals surface area contributed by atoms with Gasteiger partial charge in [0.1, 0.15) is 0 Å². The lowest BCUT2D eigenvalue weighted by molar-refractivity contribution is -0.141. The minimum atomic E-state index is -1.05. The van der Waals surface area contributed by atoms with Gasteiger partial charge in [-0.1, -0.05) is 25.2 Å². The zero-order valence-corrected chi connectivity index (χ0v) is 7.10. The second-order valence-electron chi connectivity index (χ2n) is 2.96. The molecular weight excluding hydrogens is 172 g/mol. The average Bonchev–Trinajstić information content (AvgIpc) is 2.03. The summed E-state index contributed by atoms with van der Waals surface area (Å²) >= 11 is 0. The van der Waals surface area contributed by atoms with E-state index in [0.717, 1.165) is 0 Å². The Labute approximate surface area is 75.2 Å². The van der Waals surface area contributed by atoms with Gasteiger partial charge >= 0.3 is 11.9 Å². The predicted octanol–water partition coefficient (Wildman–Crippen LogP) is 0.904. The van der Waals surface area contributed by atoms with Crippen LogP contribution in [0.5, 0.6) is 0 Å². The van der Waals surface area contributed by atoms with Gasteiger partial charge in [0.25, 0.3) is 0 Å². The van der Waals surface area contributed by atoms with Crippen LogP contribution < -0.4 is 0 Å². The van der Waals surface area contributed by atoms with Crippen LogP contribution in [0.2, 0.25) is 0 Å². The summed E-state index contributed by atoms with van der Waals surface area (Å²) in [5.41, 5.74) is 0.148. The zero-order valence-electron chi connectivity index (χ0n) is 7.10. The number of carboxylic acids is 2. The summed E-state index contributed by atoms with van der Waals surface area (Å²) in [6, 6.07) is 0. The first-order valence-corrected chi connectivity index (χ1v) is 3.88. The number of carboxylic acid groups (broad SMARTS) is 2. The normalized spacial score (nSPS) is 26.7. The summed E-state index contributed by atoms with van der Waals surface area (Å²) in [5, 5.41) is 17.4. The van der Waals surface area contributed by atoms with E-state index in [2.05, 4.69) is 0 Å².